The molecule has 0 unspecified atom stereocenters. The van der Waals surface area contributed by atoms with Crippen LogP contribution < -0.4 is 15.9 Å². The predicted molar refractivity (Wildman–Crippen MR) is 229 cm³/mol. The summed E-state index contributed by atoms with van der Waals surface area (Å²) in [5.41, 5.74) is 5.42. The lowest BCUT2D eigenvalue weighted by Gasteiger charge is -2.26. The van der Waals surface area contributed by atoms with E-state index in [0.29, 0.717) is 0 Å². The molecule has 0 fully saturated rings. The van der Waals surface area contributed by atoms with Crippen molar-refractivity contribution in [3.8, 4) is 22.4 Å². The summed E-state index contributed by atoms with van der Waals surface area (Å²) in [4.78, 5) is 5.52. The van der Waals surface area contributed by atoms with Crippen LogP contribution in [0.25, 0.3) is 76.4 Å². The van der Waals surface area contributed by atoms with E-state index in [1.54, 1.807) is 0 Å². The van der Waals surface area contributed by atoms with Gasteiger partial charge in [0.25, 0.3) is 0 Å². The van der Waals surface area contributed by atoms with E-state index in [0.717, 1.165) is 27.7 Å². The Morgan fingerprint density at radius 1 is 0.365 bits per heavy atom. The van der Waals surface area contributed by atoms with Crippen molar-refractivity contribution in [1.29, 1.82) is 0 Å². The quantitative estimate of drug-likeness (QED) is 0.131. The second-order valence-corrected chi connectivity index (χ2v) is 17.7. The summed E-state index contributed by atoms with van der Waals surface area (Å²) in [5.74, 6) is 0. The molecule has 9 aromatic carbocycles. The van der Waals surface area contributed by atoms with E-state index in [4.69, 9.17) is 16.8 Å². The Morgan fingerprint density at radius 3 is 1.48 bits per heavy atom. The van der Waals surface area contributed by atoms with E-state index >= 15 is 0 Å². The van der Waals surface area contributed by atoms with Crippen LogP contribution in [-0.4, -0.2) is 4.98 Å². The first-order chi connectivity index (χ1) is 25.7. The number of hydrogen-bond donors (Lipinski definition) is 0. The molecule has 10 aromatic rings. The number of fused-ring (bicyclic) bond motifs is 9. The van der Waals surface area contributed by atoms with Gasteiger partial charge in [0.2, 0.25) is 0 Å². The molecule has 0 bridgehead atoms. The van der Waals surface area contributed by atoms with Gasteiger partial charge >= 0.3 is 0 Å². The van der Waals surface area contributed by atoms with Gasteiger partial charge in [-0.05, 0) is 60.1 Å². The zero-order valence-electron chi connectivity index (χ0n) is 28.3. The van der Waals surface area contributed by atoms with Crippen molar-refractivity contribution in [3.05, 3.63) is 194 Å². The Labute approximate surface area is 307 Å². The Morgan fingerprint density at radius 2 is 0.865 bits per heavy atom. The van der Waals surface area contributed by atoms with Crippen LogP contribution in [0.15, 0.2) is 194 Å². The summed E-state index contributed by atoms with van der Waals surface area (Å²) in [6.45, 7) is 0. The van der Waals surface area contributed by atoms with E-state index < -0.39 is 6.04 Å². The molecular formula is C49H32NPS. The van der Waals surface area contributed by atoms with Gasteiger partial charge in [-0.2, -0.15) is 0 Å². The lowest BCUT2D eigenvalue weighted by atomic mass is 9.89. The molecule has 3 heteroatoms. The van der Waals surface area contributed by atoms with Crippen molar-refractivity contribution in [3.63, 3.8) is 0 Å². The minimum Gasteiger partial charge on any atom is -0.247 e. The van der Waals surface area contributed by atoms with Crippen LogP contribution in [0.2, 0.25) is 0 Å². The molecule has 0 atom stereocenters. The minimum atomic E-state index is -2.36. The molecule has 0 aliphatic rings. The van der Waals surface area contributed by atoms with Gasteiger partial charge in [-0.15, -0.1) is 0 Å². The highest BCUT2D eigenvalue weighted by atomic mass is 32.4. The third kappa shape index (κ3) is 4.76. The molecule has 10 rings (SSSR count). The van der Waals surface area contributed by atoms with Crippen LogP contribution in [-0.2, 0) is 11.8 Å². The number of nitrogens with zero attached hydrogens (tertiary/aromatic N) is 1. The maximum absolute atomic E-state index is 6.83. The normalized spacial score (nSPS) is 11.9. The van der Waals surface area contributed by atoms with Gasteiger partial charge in [0, 0.05) is 33.1 Å². The van der Waals surface area contributed by atoms with Gasteiger partial charge in [0.1, 0.15) is 0 Å². The molecule has 0 saturated carbocycles. The molecule has 244 valence electrons. The van der Waals surface area contributed by atoms with Gasteiger partial charge in [-0.25, -0.2) is 4.98 Å². The molecule has 0 spiro atoms. The van der Waals surface area contributed by atoms with Crippen molar-refractivity contribution in [2.24, 2.45) is 0 Å². The summed E-state index contributed by atoms with van der Waals surface area (Å²) in [7, 11) is 0. The number of pyridine rings is 1. The van der Waals surface area contributed by atoms with Crippen molar-refractivity contribution >= 4 is 87.8 Å². The first-order valence-corrected chi connectivity index (χ1v) is 20.5. The fourth-order valence-electron chi connectivity index (χ4n) is 8.16. The monoisotopic (exact) mass is 697 g/mol. The molecule has 1 heterocycles. The molecule has 0 aliphatic heterocycles. The van der Waals surface area contributed by atoms with Crippen molar-refractivity contribution in [1.82, 2.24) is 4.98 Å². The Balaban J connectivity index is 1.26. The maximum Gasteiger partial charge on any atom is 0.0794 e. The molecule has 0 N–H and O–H groups in total. The average molecular weight is 698 g/mol. The number of benzene rings is 9. The minimum absolute atomic E-state index is 0.983. The number of rotatable bonds is 5. The van der Waals surface area contributed by atoms with Gasteiger partial charge in [0.05, 0.1) is 11.2 Å². The standard InChI is InChI=1S/C49H32NPS/c52-51(35-18-6-2-7-19-35,36-20-8-3-9-21-36)46-31-30-37(38-22-10-13-25-41(38)46)34-28-29-44-45(32-34)50-49(33-16-4-1-5-17-33)48-43-27-15-12-24-40(43)39-23-11-14-26-42(39)47(44)48/h1-32H. The van der Waals surface area contributed by atoms with Crippen LogP contribution in [0, 0.1) is 0 Å². The van der Waals surface area contributed by atoms with Crippen molar-refractivity contribution in [2.75, 3.05) is 0 Å². The van der Waals surface area contributed by atoms with E-state index in [2.05, 4.69) is 194 Å². The summed E-state index contributed by atoms with van der Waals surface area (Å²) in [6.07, 6.45) is 0. The highest BCUT2D eigenvalue weighted by Crippen LogP contribution is 2.47. The van der Waals surface area contributed by atoms with Crippen molar-refractivity contribution in [2.45, 2.75) is 0 Å². The summed E-state index contributed by atoms with van der Waals surface area (Å²) >= 11 is 6.83. The van der Waals surface area contributed by atoms with Gasteiger partial charge in [-0.1, -0.05) is 200 Å². The second kappa shape index (κ2) is 12.4. The number of hydrogen-bond acceptors (Lipinski definition) is 2. The SMILES string of the molecule is S=P(c1ccccc1)(c1ccccc1)c1ccc(-c2ccc3c(c2)nc(-c2ccccc2)c2c4ccccc4c4ccccc4c32)c2ccccc12. The van der Waals surface area contributed by atoms with Crippen LogP contribution in [0.1, 0.15) is 0 Å². The van der Waals surface area contributed by atoms with E-state index in [-0.39, 0.29) is 0 Å². The van der Waals surface area contributed by atoms with Gasteiger partial charge < -0.3 is 0 Å². The Bertz CT molecular complexity index is 2990. The zero-order chi connectivity index (χ0) is 34.6. The fraction of sp³-hybridized carbons (Fsp3) is 0. The molecule has 1 nitrogen and oxygen atoms in total. The topological polar surface area (TPSA) is 12.9 Å². The molecule has 0 amide bonds. The molecule has 0 radical (unpaired) electrons. The fourth-order valence-corrected chi connectivity index (χ4v) is 12.2. The Hall–Kier alpha value is -5.92. The lowest BCUT2D eigenvalue weighted by molar-refractivity contribution is 1.43. The average Bonchev–Trinajstić information content (AvgIpc) is 3.23. The van der Waals surface area contributed by atoms with E-state index in [1.165, 1.54) is 64.6 Å². The summed E-state index contributed by atoms with van der Waals surface area (Å²) in [5, 5.41) is 14.6. The largest absolute Gasteiger partial charge is 0.247 e. The van der Waals surface area contributed by atoms with Crippen LogP contribution in [0.4, 0.5) is 0 Å². The predicted octanol–water partition coefficient (Wildman–Crippen LogP) is 11.9. The van der Waals surface area contributed by atoms with Crippen LogP contribution in [0.3, 0.4) is 0 Å². The first-order valence-electron chi connectivity index (χ1n) is 17.7. The van der Waals surface area contributed by atoms with E-state index in [1.807, 2.05) is 0 Å². The third-order valence-electron chi connectivity index (χ3n) is 10.5. The Kier molecular flexibility index (Phi) is 7.35. The van der Waals surface area contributed by atoms with Gasteiger partial charge in [-0.3, -0.25) is 0 Å². The molecule has 0 aliphatic carbocycles. The molecular weight excluding hydrogens is 666 g/mol. The lowest BCUT2D eigenvalue weighted by Crippen LogP contribution is -2.25. The second-order valence-electron chi connectivity index (χ2n) is 13.4. The van der Waals surface area contributed by atoms with E-state index in [9.17, 15) is 0 Å². The third-order valence-corrected chi connectivity index (χ3v) is 15.5. The van der Waals surface area contributed by atoms with Crippen molar-refractivity contribution < 1.29 is 0 Å². The molecule has 52 heavy (non-hydrogen) atoms. The van der Waals surface area contributed by atoms with Gasteiger partial charge in [0.15, 0.2) is 0 Å². The van der Waals surface area contributed by atoms with Crippen LogP contribution >= 0.6 is 6.04 Å². The highest BCUT2D eigenvalue weighted by molar-refractivity contribution is 8.25. The summed E-state index contributed by atoms with van der Waals surface area (Å²) in [6, 6.07) is 67.4. The smallest absolute Gasteiger partial charge is 0.0794 e. The number of aromatic nitrogens is 1. The molecule has 0 saturated heterocycles. The first kappa shape index (κ1) is 30.9. The maximum atomic E-state index is 6.83. The summed E-state index contributed by atoms with van der Waals surface area (Å²) < 4.78 is 0. The molecule has 1 aromatic heterocycles. The van der Waals surface area contributed by atoms with Crippen LogP contribution in [0.5, 0.6) is 0 Å². The highest BCUT2D eigenvalue weighted by Gasteiger charge is 2.27. The zero-order valence-corrected chi connectivity index (χ0v) is 30.0.